The van der Waals surface area contributed by atoms with Gasteiger partial charge in [0, 0.05) is 27.3 Å². The van der Waals surface area contributed by atoms with Crippen molar-refractivity contribution in [2.24, 2.45) is 0 Å². The van der Waals surface area contributed by atoms with Gasteiger partial charge in [-0.25, -0.2) is 5.01 Å². The van der Waals surface area contributed by atoms with E-state index in [1.165, 1.54) is 0 Å². The molecule has 0 saturated heterocycles. The highest BCUT2D eigenvalue weighted by molar-refractivity contribution is 4.57. The van der Waals surface area contributed by atoms with Crippen molar-refractivity contribution >= 4 is 0 Å². The van der Waals surface area contributed by atoms with Crippen LogP contribution in [-0.2, 0) is 0 Å². The van der Waals surface area contributed by atoms with Crippen LogP contribution in [0.1, 0.15) is 0 Å². The Hall–Kier alpha value is -0.540. The van der Waals surface area contributed by atoms with Crippen LogP contribution < -0.4 is 5.43 Å². The van der Waals surface area contributed by atoms with Crippen molar-refractivity contribution < 1.29 is 0 Å². The second-order valence-electron chi connectivity index (χ2n) is 1.70. The van der Waals surface area contributed by atoms with Crippen molar-refractivity contribution in [3.8, 4) is 0 Å². The molecule has 3 nitrogen and oxygen atoms in total. The van der Waals surface area contributed by atoms with E-state index in [2.05, 4.69) is 12.0 Å². The van der Waals surface area contributed by atoms with Gasteiger partial charge < -0.3 is 5.43 Å². The van der Waals surface area contributed by atoms with E-state index >= 15 is 0 Å². The highest BCUT2D eigenvalue weighted by atomic mass is 15.8. The molecule has 8 heavy (non-hydrogen) atoms. The number of hydrogen-bond donors (Lipinski definition) is 1. The molecule has 0 aromatic heterocycles. The van der Waals surface area contributed by atoms with Crippen LogP contribution >= 0.6 is 0 Å². The molecule has 0 aliphatic carbocycles. The first kappa shape index (κ1) is 7.46. The smallest absolute Gasteiger partial charge is 0.0226 e. The summed E-state index contributed by atoms with van der Waals surface area (Å²) in [6.07, 6.45) is 1.62. The topological polar surface area (TPSA) is 18.5 Å². The van der Waals surface area contributed by atoms with Gasteiger partial charge in [0.1, 0.15) is 0 Å². The van der Waals surface area contributed by atoms with Gasteiger partial charge in [-0.2, -0.15) is 5.12 Å². The first-order valence-electron chi connectivity index (χ1n) is 2.46. The minimum Gasteiger partial charge on any atom is -0.314 e. The van der Waals surface area contributed by atoms with Crippen LogP contribution in [0.2, 0.25) is 0 Å². The van der Waals surface area contributed by atoms with Crippen molar-refractivity contribution in [2.75, 3.05) is 21.1 Å². The third-order valence-electron chi connectivity index (χ3n) is 0.878. The van der Waals surface area contributed by atoms with Crippen LogP contribution in [0.15, 0.2) is 12.8 Å². The van der Waals surface area contributed by atoms with Crippen LogP contribution in [0.3, 0.4) is 0 Å². The summed E-state index contributed by atoms with van der Waals surface area (Å²) in [5.74, 6) is 0. The lowest BCUT2D eigenvalue weighted by molar-refractivity contribution is 0.0187. The van der Waals surface area contributed by atoms with E-state index in [1.807, 2.05) is 31.3 Å². The maximum Gasteiger partial charge on any atom is 0.0226 e. The van der Waals surface area contributed by atoms with E-state index in [1.54, 1.807) is 6.20 Å². The highest BCUT2D eigenvalue weighted by Gasteiger charge is 1.91. The molecule has 3 heteroatoms. The van der Waals surface area contributed by atoms with E-state index in [0.29, 0.717) is 0 Å². The molecule has 1 N–H and O–H groups in total. The maximum atomic E-state index is 3.50. The Balaban J connectivity index is 3.30. The lowest BCUT2D eigenvalue weighted by Gasteiger charge is -2.22. The van der Waals surface area contributed by atoms with Crippen LogP contribution in [0.5, 0.6) is 0 Å². The molecule has 0 aromatic carbocycles. The predicted octanol–water partition coefficient (Wildman–Crippen LogP) is 0.0429. The molecule has 0 unspecified atom stereocenters. The fraction of sp³-hybridized carbons (Fsp3) is 0.600. The van der Waals surface area contributed by atoms with E-state index in [-0.39, 0.29) is 0 Å². The van der Waals surface area contributed by atoms with Gasteiger partial charge in [-0.3, -0.25) is 0 Å². The van der Waals surface area contributed by atoms with Gasteiger partial charge >= 0.3 is 0 Å². The van der Waals surface area contributed by atoms with E-state index < -0.39 is 0 Å². The Morgan fingerprint density at radius 2 is 1.88 bits per heavy atom. The van der Waals surface area contributed by atoms with Gasteiger partial charge in [-0.1, -0.05) is 6.58 Å². The minimum atomic E-state index is 1.62. The monoisotopic (exact) mass is 115 g/mol. The Morgan fingerprint density at radius 1 is 1.38 bits per heavy atom. The van der Waals surface area contributed by atoms with Crippen molar-refractivity contribution in [1.29, 1.82) is 0 Å². The summed E-state index contributed by atoms with van der Waals surface area (Å²) in [6, 6.07) is 0. The second-order valence-corrected chi connectivity index (χ2v) is 1.70. The standard InChI is InChI=1S/C5H13N3/c1-5-6-8(4)7(2)3/h5-6H,1H2,2-4H3. The molecule has 0 heterocycles. The number of hydrazine groups is 2. The molecule has 48 valence electrons. The molecule has 0 amide bonds. The fourth-order valence-electron chi connectivity index (χ4n) is 0.248. The van der Waals surface area contributed by atoms with E-state index in [4.69, 9.17) is 0 Å². The first-order chi connectivity index (χ1) is 3.68. The summed E-state index contributed by atoms with van der Waals surface area (Å²) in [6.45, 7) is 3.50. The number of nitrogens with one attached hydrogen (secondary N) is 1. The quantitative estimate of drug-likeness (QED) is 0.524. The Bertz CT molecular complexity index is 70.1. The lowest BCUT2D eigenvalue weighted by atomic mass is 11.0. The summed E-state index contributed by atoms with van der Waals surface area (Å²) in [4.78, 5) is 0. The van der Waals surface area contributed by atoms with Gasteiger partial charge in [0.15, 0.2) is 0 Å². The summed E-state index contributed by atoms with van der Waals surface area (Å²) < 4.78 is 0. The molecule has 0 radical (unpaired) electrons. The van der Waals surface area contributed by atoms with Gasteiger partial charge in [-0.05, 0) is 0 Å². The molecular formula is C5H13N3. The summed E-state index contributed by atoms with van der Waals surface area (Å²) in [7, 11) is 5.79. The minimum absolute atomic E-state index is 1.62. The number of rotatable bonds is 3. The van der Waals surface area contributed by atoms with Crippen molar-refractivity contribution in [2.45, 2.75) is 0 Å². The maximum absolute atomic E-state index is 3.50. The van der Waals surface area contributed by atoms with E-state index in [9.17, 15) is 0 Å². The highest BCUT2D eigenvalue weighted by Crippen LogP contribution is 1.75. The van der Waals surface area contributed by atoms with Gasteiger partial charge in [0.25, 0.3) is 0 Å². The number of nitrogens with zero attached hydrogens (tertiary/aromatic N) is 2. The Labute approximate surface area is 50.5 Å². The second kappa shape index (κ2) is 3.46. The molecule has 0 bridgehead atoms. The molecule has 0 aliphatic heterocycles. The van der Waals surface area contributed by atoms with Crippen LogP contribution in [0, 0.1) is 0 Å². The summed E-state index contributed by atoms with van der Waals surface area (Å²) in [5, 5.41) is 3.72. The summed E-state index contributed by atoms with van der Waals surface area (Å²) >= 11 is 0. The van der Waals surface area contributed by atoms with Crippen LogP contribution in [0.25, 0.3) is 0 Å². The molecule has 0 rings (SSSR count). The van der Waals surface area contributed by atoms with Crippen molar-refractivity contribution in [1.82, 2.24) is 15.6 Å². The fourth-order valence-corrected chi connectivity index (χ4v) is 0.248. The summed E-state index contributed by atoms with van der Waals surface area (Å²) in [5.41, 5.74) is 2.87. The molecule has 0 atom stereocenters. The molecule has 0 saturated carbocycles. The molecule has 0 fully saturated rings. The Morgan fingerprint density at radius 3 is 2.00 bits per heavy atom. The third-order valence-corrected chi connectivity index (χ3v) is 0.878. The normalized spacial score (nSPS) is 10.1. The largest absolute Gasteiger partial charge is 0.314 e. The zero-order valence-electron chi connectivity index (χ0n) is 5.68. The lowest BCUT2D eigenvalue weighted by Crippen LogP contribution is -2.40. The molecule has 0 spiro atoms. The first-order valence-corrected chi connectivity index (χ1v) is 2.46. The zero-order valence-corrected chi connectivity index (χ0v) is 5.68. The SMILES string of the molecule is C=CNN(C)N(C)C. The van der Waals surface area contributed by atoms with Crippen molar-refractivity contribution in [3.05, 3.63) is 12.8 Å². The number of hydrogen-bond acceptors (Lipinski definition) is 3. The molecular weight excluding hydrogens is 102 g/mol. The van der Waals surface area contributed by atoms with Crippen molar-refractivity contribution in [3.63, 3.8) is 0 Å². The molecule has 0 aromatic rings. The Kier molecular flexibility index (Phi) is 3.23. The predicted molar refractivity (Wildman–Crippen MR) is 34.8 cm³/mol. The van der Waals surface area contributed by atoms with Gasteiger partial charge in [0.05, 0.1) is 0 Å². The van der Waals surface area contributed by atoms with E-state index in [0.717, 1.165) is 0 Å². The van der Waals surface area contributed by atoms with Gasteiger partial charge in [-0.15, -0.1) is 0 Å². The average Bonchev–Trinajstić information content (AvgIpc) is 1.67. The van der Waals surface area contributed by atoms with Crippen LogP contribution in [0.4, 0.5) is 0 Å². The average molecular weight is 115 g/mol. The third kappa shape index (κ3) is 2.60. The molecule has 0 aliphatic rings. The zero-order chi connectivity index (χ0) is 6.57. The van der Waals surface area contributed by atoms with Crippen LogP contribution in [-0.4, -0.2) is 31.3 Å². The van der Waals surface area contributed by atoms with Gasteiger partial charge in [0.2, 0.25) is 0 Å².